The number of carbonyl (C=O) groups excluding carboxylic acids is 1. The molecule has 102 valence electrons. The van der Waals surface area contributed by atoms with Crippen LogP contribution >= 0.6 is 23.2 Å². The van der Waals surface area contributed by atoms with Gasteiger partial charge in [-0.1, -0.05) is 35.4 Å². The average Bonchev–Trinajstić information content (AvgIpc) is 2.41. The van der Waals surface area contributed by atoms with E-state index in [0.29, 0.717) is 21.4 Å². The normalized spacial score (nSPS) is 12.5. The molecule has 0 bridgehead atoms. The van der Waals surface area contributed by atoms with E-state index in [9.17, 15) is 9.18 Å². The number of allylic oxidation sites excluding steroid dienone is 3. The van der Waals surface area contributed by atoms with E-state index in [-0.39, 0.29) is 11.9 Å². The summed E-state index contributed by atoms with van der Waals surface area (Å²) in [6.07, 6.45) is 3.17. The van der Waals surface area contributed by atoms with Gasteiger partial charge in [0.1, 0.15) is 5.75 Å². The van der Waals surface area contributed by atoms with E-state index in [2.05, 4.69) is 0 Å². The molecule has 0 aromatic heterocycles. The van der Waals surface area contributed by atoms with Crippen LogP contribution in [0.3, 0.4) is 0 Å². The fourth-order valence-corrected chi connectivity index (χ4v) is 2.02. The smallest absolute Gasteiger partial charge is 0.178 e. The van der Waals surface area contributed by atoms with E-state index in [1.54, 1.807) is 19.1 Å². The number of halogens is 3. The Morgan fingerprint density at radius 1 is 1.42 bits per heavy atom. The second-order valence-corrected chi connectivity index (χ2v) is 4.68. The predicted molar refractivity (Wildman–Crippen MR) is 76.7 cm³/mol. The van der Waals surface area contributed by atoms with Gasteiger partial charge in [-0.25, -0.2) is 4.39 Å². The van der Waals surface area contributed by atoms with Gasteiger partial charge >= 0.3 is 0 Å². The minimum Gasteiger partial charge on any atom is -0.496 e. The van der Waals surface area contributed by atoms with Crippen LogP contribution in [-0.4, -0.2) is 13.4 Å². The molecule has 0 radical (unpaired) electrons. The molecule has 0 saturated heterocycles. The van der Waals surface area contributed by atoms with E-state index >= 15 is 0 Å². The van der Waals surface area contributed by atoms with Crippen LogP contribution in [0.5, 0.6) is 5.75 Å². The highest BCUT2D eigenvalue weighted by Crippen LogP contribution is 2.35. The molecule has 2 nitrogen and oxygen atoms in total. The van der Waals surface area contributed by atoms with Crippen LogP contribution in [0.2, 0.25) is 10.0 Å². The lowest BCUT2D eigenvalue weighted by Gasteiger charge is -2.10. The van der Waals surface area contributed by atoms with E-state index < -0.39 is 5.83 Å². The Morgan fingerprint density at radius 2 is 2.05 bits per heavy atom. The fraction of sp³-hybridized carbons (Fsp3) is 0.214. The van der Waals surface area contributed by atoms with Crippen molar-refractivity contribution in [2.75, 3.05) is 7.11 Å². The van der Waals surface area contributed by atoms with Crippen molar-refractivity contribution in [3.63, 3.8) is 0 Å². The van der Waals surface area contributed by atoms with Crippen molar-refractivity contribution in [1.29, 1.82) is 0 Å². The summed E-state index contributed by atoms with van der Waals surface area (Å²) in [5, 5.41) is 0.822. The number of aldehydes is 1. The van der Waals surface area contributed by atoms with Crippen LogP contribution in [0, 0.1) is 6.92 Å². The molecule has 0 aliphatic carbocycles. The van der Waals surface area contributed by atoms with Gasteiger partial charge in [0.05, 0.1) is 17.2 Å². The van der Waals surface area contributed by atoms with Gasteiger partial charge in [-0.05, 0) is 25.5 Å². The molecule has 1 aromatic carbocycles. The van der Waals surface area contributed by atoms with Gasteiger partial charge in [-0.15, -0.1) is 0 Å². The van der Waals surface area contributed by atoms with Gasteiger partial charge < -0.3 is 4.74 Å². The lowest BCUT2D eigenvalue weighted by molar-refractivity contribution is -0.106. The zero-order chi connectivity index (χ0) is 14.6. The molecular weight excluding hydrogens is 290 g/mol. The standard InChI is InChI=1S/C14H13Cl2FO2/c1-8(12(17)7-18)4-5-10-11(15)6-13(19-3)9(2)14(10)16/h4-7H,1-3H3/b5-4+,12-8-. The maximum absolute atomic E-state index is 13.0. The van der Waals surface area contributed by atoms with Crippen molar-refractivity contribution in [3.05, 3.63) is 44.7 Å². The number of ether oxygens (including phenoxy) is 1. The van der Waals surface area contributed by atoms with Crippen molar-refractivity contribution < 1.29 is 13.9 Å². The first-order chi connectivity index (χ1) is 8.92. The largest absolute Gasteiger partial charge is 0.496 e. The highest BCUT2D eigenvalue weighted by atomic mass is 35.5. The van der Waals surface area contributed by atoms with Crippen LogP contribution in [0.4, 0.5) is 4.39 Å². The van der Waals surface area contributed by atoms with Crippen LogP contribution in [-0.2, 0) is 4.79 Å². The molecule has 5 heteroatoms. The maximum Gasteiger partial charge on any atom is 0.178 e. The monoisotopic (exact) mass is 302 g/mol. The Morgan fingerprint density at radius 3 is 2.58 bits per heavy atom. The predicted octanol–water partition coefficient (Wildman–Crippen LogP) is 4.77. The van der Waals surface area contributed by atoms with Crippen LogP contribution < -0.4 is 4.74 Å². The number of hydrogen-bond donors (Lipinski definition) is 0. The second-order valence-electron chi connectivity index (χ2n) is 3.90. The first kappa shape index (κ1) is 15.7. The van der Waals surface area contributed by atoms with E-state index in [1.165, 1.54) is 20.1 Å². The SMILES string of the molecule is COc1cc(Cl)c(/C=C/C(C)=C(\F)C=O)c(Cl)c1C. The number of methoxy groups -OCH3 is 1. The third-order valence-corrected chi connectivity index (χ3v) is 3.45. The molecule has 0 N–H and O–H groups in total. The summed E-state index contributed by atoms with van der Waals surface area (Å²) in [5.41, 5.74) is 1.50. The average molecular weight is 303 g/mol. The van der Waals surface area contributed by atoms with Gasteiger partial charge in [0, 0.05) is 11.1 Å². The van der Waals surface area contributed by atoms with Crippen LogP contribution in [0.15, 0.2) is 23.5 Å². The highest BCUT2D eigenvalue weighted by Gasteiger charge is 2.11. The Balaban J connectivity index is 3.27. The zero-order valence-corrected chi connectivity index (χ0v) is 12.3. The molecule has 0 unspecified atom stereocenters. The van der Waals surface area contributed by atoms with Gasteiger partial charge in [0.15, 0.2) is 12.1 Å². The van der Waals surface area contributed by atoms with Crippen LogP contribution in [0.25, 0.3) is 6.08 Å². The van der Waals surface area contributed by atoms with E-state index in [4.69, 9.17) is 27.9 Å². The number of benzene rings is 1. The lowest BCUT2D eigenvalue weighted by atomic mass is 10.1. The fourth-order valence-electron chi connectivity index (χ4n) is 1.46. The number of rotatable bonds is 4. The minimum atomic E-state index is -0.825. The van der Waals surface area contributed by atoms with Gasteiger partial charge in [0.2, 0.25) is 0 Å². The summed E-state index contributed by atoms with van der Waals surface area (Å²) in [6.45, 7) is 3.28. The first-order valence-electron chi connectivity index (χ1n) is 5.44. The summed E-state index contributed by atoms with van der Waals surface area (Å²) in [6, 6.07) is 1.64. The molecule has 0 aliphatic heterocycles. The first-order valence-corrected chi connectivity index (χ1v) is 6.20. The number of carbonyl (C=O) groups is 1. The molecule has 0 heterocycles. The van der Waals surface area contributed by atoms with Crippen molar-refractivity contribution in [2.45, 2.75) is 13.8 Å². The summed E-state index contributed by atoms with van der Waals surface area (Å²) < 4.78 is 18.1. The van der Waals surface area contributed by atoms with Gasteiger partial charge in [-0.3, -0.25) is 4.79 Å². The van der Waals surface area contributed by atoms with E-state index in [0.717, 1.165) is 5.56 Å². The molecule has 0 amide bonds. The Labute approximate surface area is 121 Å². The molecule has 19 heavy (non-hydrogen) atoms. The third kappa shape index (κ3) is 3.58. The topological polar surface area (TPSA) is 26.3 Å². The molecule has 0 aliphatic rings. The Hall–Kier alpha value is -1.32. The van der Waals surface area contributed by atoms with Crippen molar-refractivity contribution >= 4 is 35.6 Å². The Kier molecular flexibility index (Phi) is 5.58. The number of hydrogen-bond acceptors (Lipinski definition) is 2. The molecule has 0 fully saturated rings. The van der Waals surface area contributed by atoms with Gasteiger partial charge in [0.25, 0.3) is 0 Å². The summed E-state index contributed by atoms with van der Waals surface area (Å²) in [7, 11) is 1.52. The molecule has 1 rings (SSSR count). The van der Waals surface area contributed by atoms with Crippen molar-refractivity contribution in [3.8, 4) is 5.75 Å². The Bertz CT molecular complexity index is 563. The highest BCUT2D eigenvalue weighted by molar-refractivity contribution is 6.38. The molecule has 0 spiro atoms. The lowest BCUT2D eigenvalue weighted by Crippen LogP contribution is -1.91. The third-order valence-electron chi connectivity index (χ3n) is 2.65. The maximum atomic E-state index is 13.0. The van der Waals surface area contributed by atoms with E-state index in [1.807, 2.05) is 0 Å². The molecule has 0 atom stereocenters. The summed E-state index contributed by atoms with van der Waals surface area (Å²) in [4.78, 5) is 10.3. The summed E-state index contributed by atoms with van der Waals surface area (Å²) in [5.74, 6) is -0.243. The van der Waals surface area contributed by atoms with Crippen LogP contribution in [0.1, 0.15) is 18.1 Å². The molecule has 1 aromatic rings. The van der Waals surface area contributed by atoms with Crippen molar-refractivity contribution in [2.24, 2.45) is 0 Å². The minimum absolute atomic E-state index is 0.155. The van der Waals surface area contributed by atoms with Gasteiger partial charge in [-0.2, -0.15) is 0 Å². The quantitative estimate of drug-likeness (QED) is 0.455. The molecular formula is C14H13Cl2FO2. The molecule has 0 saturated carbocycles. The zero-order valence-electron chi connectivity index (χ0n) is 10.8. The second kappa shape index (κ2) is 6.73. The van der Waals surface area contributed by atoms with Crippen molar-refractivity contribution in [1.82, 2.24) is 0 Å². The summed E-state index contributed by atoms with van der Waals surface area (Å²) >= 11 is 12.3.